The molecule has 0 radical (unpaired) electrons. The number of aromatic amines is 1. The van der Waals surface area contributed by atoms with Gasteiger partial charge in [-0.25, -0.2) is 0 Å². The van der Waals surface area contributed by atoms with E-state index in [0.29, 0.717) is 0 Å². The maximum absolute atomic E-state index is 4.32. The number of pyridine rings is 1. The van der Waals surface area contributed by atoms with Crippen LogP contribution in [0, 0.1) is 6.92 Å². The summed E-state index contributed by atoms with van der Waals surface area (Å²) in [5.74, 6) is 0. The third-order valence-electron chi connectivity index (χ3n) is 2.24. The molecule has 0 spiro atoms. The summed E-state index contributed by atoms with van der Waals surface area (Å²) in [6.07, 6.45) is 7.49. The second kappa shape index (κ2) is 3.50. The molecule has 0 aliphatic heterocycles. The second-order valence-corrected chi connectivity index (χ2v) is 3.16. The topological polar surface area (TPSA) is 28.7 Å². The van der Waals surface area contributed by atoms with Crippen LogP contribution in [0.15, 0.2) is 37.1 Å². The van der Waals surface area contributed by atoms with Crippen molar-refractivity contribution in [2.24, 2.45) is 0 Å². The first-order chi connectivity index (χ1) is 6.83. The van der Waals surface area contributed by atoms with E-state index in [1.54, 1.807) is 6.08 Å². The van der Waals surface area contributed by atoms with Gasteiger partial charge in [0.1, 0.15) is 0 Å². The monoisotopic (exact) mass is 184 g/mol. The van der Waals surface area contributed by atoms with E-state index in [-0.39, 0.29) is 0 Å². The number of nitrogens with one attached hydrogen (secondary N) is 1. The molecular weight excluding hydrogens is 172 g/mol. The summed E-state index contributed by atoms with van der Waals surface area (Å²) in [6.45, 7) is 5.71. The Bertz CT molecular complexity index is 492. The first kappa shape index (κ1) is 8.75. The molecule has 0 saturated carbocycles. The maximum Gasteiger partial charge on any atom is 0.0914 e. The summed E-state index contributed by atoms with van der Waals surface area (Å²) in [4.78, 5) is 7.62. The van der Waals surface area contributed by atoms with Crippen molar-refractivity contribution >= 4 is 17.1 Å². The van der Waals surface area contributed by atoms with E-state index in [1.807, 2.05) is 30.5 Å². The van der Waals surface area contributed by atoms with E-state index < -0.39 is 0 Å². The zero-order valence-corrected chi connectivity index (χ0v) is 8.12. The van der Waals surface area contributed by atoms with Gasteiger partial charge >= 0.3 is 0 Å². The predicted molar refractivity (Wildman–Crippen MR) is 60.1 cm³/mol. The summed E-state index contributed by atoms with van der Waals surface area (Å²) in [6, 6.07) is 3.96. The Morgan fingerprint density at radius 2 is 2.36 bits per heavy atom. The van der Waals surface area contributed by atoms with Crippen LogP contribution < -0.4 is 0 Å². The lowest BCUT2D eigenvalue weighted by atomic mass is 10.2. The summed E-state index contributed by atoms with van der Waals surface area (Å²) >= 11 is 0. The summed E-state index contributed by atoms with van der Waals surface area (Å²) < 4.78 is 0. The van der Waals surface area contributed by atoms with Crippen molar-refractivity contribution in [2.75, 3.05) is 0 Å². The average molecular weight is 184 g/mol. The number of H-pyrrole nitrogens is 1. The fourth-order valence-electron chi connectivity index (χ4n) is 1.50. The van der Waals surface area contributed by atoms with E-state index >= 15 is 0 Å². The molecule has 14 heavy (non-hydrogen) atoms. The first-order valence-corrected chi connectivity index (χ1v) is 4.55. The number of hydrogen-bond acceptors (Lipinski definition) is 1. The number of hydrogen-bond donors (Lipinski definition) is 1. The predicted octanol–water partition coefficient (Wildman–Crippen LogP) is 3.07. The highest BCUT2D eigenvalue weighted by Crippen LogP contribution is 2.19. The minimum atomic E-state index is 1.04. The SMILES string of the molecule is C=C/C=C\c1[nH]c2cccnc2c1C. The molecule has 0 aliphatic carbocycles. The number of aryl methyl sites for hydroxylation is 1. The number of rotatable bonds is 2. The van der Waals surface area contributed by atoms with Gasteiger partial charge < -0.3 is 4.98 Å². The van der Waals surface area contributed by atoms with Crippen LogP contribution in [0.2, 0.25) is 0 Å². The highest BCUT2D eigenvalue weighted by atomic mass is 14.8. The second-order valence-electron chi connectivity index (χ2n) is 3.16. The zero-order chi connectivity index (χ0) is 9.97. The molecule has 0 fully saturated rings. The van der Waals surface area contributed by atoms with Crippen molar-refractivity contribution in [1.82, 2.24) is 9.97 Å². The smallest absolute Gasteiger partial charge is 0.0914 e. The van der Waals surface area contributed by atoms with Gasteiger partial charge in [-0.05, 0) is 25.1 Å². The standard InChI is InChI=1S/C12H12N2/c1-3-4-6-10-9(2)12-11(14-10)7-5-8-13-12/h3-8,14H,1H2,2H3/b6-4-. The molecule has 0 aromatic carbocycles. The van der Waals surface area contributed by atoms with Crippen molar-refractivity contribution in [2.45, 2.75) is 6.92 Å². The zero-order valence-electron chi connectivity index (χ0n) is 8.12. The molecule has 2 nitrogen and oxygen atoms in total. The van der Waals surface area contributed by atoms with Gasteiger partial charge in [0.05, 0.1) is 11.0 Å². The quantitative estimate of drug-likeness (QED) is 0.714. The van der Waals surface area contributed by atoms with Crippen molar-refractivity contribution in [3.63, 3.8) is 0 Å². The molecular formula is C12H12N2. The van der Waals surface area contributed by atoms with Gasteiger partial charge in [-0.1, -0.05) is 18.7 Å². The minimum absolute atomic E-state index is 1.04. The minimum Gasteiger partial charge on any atom is -0.353 e. The maximum atomic E-state index is 4.32. The lowest BCUT2D eigenvalue weighted by molar-refractivity contribution is 1.37. The molecule has 0 bridgehead atoms. The number of fused-ring (bicyclic) bond motifs is 1. The van der Waals surface area contributed by atoms with Crippen LogP contribution in [0.4, 0.5) is 0 Å². The highest BCUT2D eigenvalue weighted by molar-refractivity contribution is 5.83. The molecule has 2 aromatic rings. The third kappa shape index (κ3) is 1.35. The Balaban J connectivity index is 2.62. The van der Waals surface area contributed by atoms with Crippen LogP contribution in [0.1, 0.15) is 11.3 Å². The van der Waals surface area contributed by atoms with Crippen LogP contribution in [0.25, 0.3) is 17.1 Å². The van der Waals surface area contributed by atoms with Crippen LogP contribution in [0.3, 0.4) is 0 Å². The van der Waals surface area contributed by atoms with Crippen molar-refractivity contribution < 1.29 is 0 Å². The van der Waals surface area contributed by atoms with Crippen molar-refractivity contribution in [3.8, 4) is 0 Å². The normalized spacial score (nSPS) is 11.2. The molecule has 2 heterocycles. The molecule has 0 unspecified atom stereocenters. The number of aromatic nitrogens is 2. The lowest BCUT2D eigenvalue weighted by Gasteiger charge is -1.88. The summed E-state index contributed by atoms with van der Waals surface area (Å²) in [7, 11) is 0. The molecule has 0 atom stereocenters. The van der Waals surface area contributed by atoms with Gasteiger partial charge in [-0.2, -0.15) is 0 Å². The fourth-order valence-corrected chi connectivity index (χ4v) is 1.50. The Hall–Kier alpha value is -1.83. The van der Waals surface area contributed by atoms with Crippen LogP contribution in [0.5, 0.6) is 0 Å². The lowest BCUT2D eigenvalue weighted by Crippen LogP contribution is -1.75. The fraction of sp³-hybridized carbons (Fsp3) is 0.0833. The van der Waals surface area contributed by atoms with Crippen LogP contribution in [-0.4, -0.2) is 9.97 Å². The average Bonchev–Trinajstić information content (AvgIpc) is 2.54. The van der Waals surface area contributed by atoms with E-state index in [4.69, 9.17) is 0 Å². The Morgan fingerprint density at radius 1 is 1.50 bits per heavy atom. The molecule has 1 N–H and O–H groups in total. The van der Waals surface area contributed by atoms with Gasteiger partial charge in [0.25, 0.3) is 0 Å². The first-order valence-electron chi connectivity index (χ1n) is 4.55. The number of allylic oxidation sites excluding steroid dienone is 2. The Labute approximate surface area is 83.0 Å². The van der Waals surface area contributed by atoms with Gasteiger partial charge in [0.2, 0.25) is 0 Å². The molecule has 2 rings (SSSR count). The van der Waals surface area contributed by atoms with Crippen molar-refractivity contribution in [3.05, 3.63) is 48.3 Å². The highest BCUT2D eigenvalue weighted by Gasteiger charge is 2.04. The largest absolute Gasteiger partial charge is 0.353 e. The Kier molecular flexibility index (Phi) is 2.19. The van der Waals surface area contributed by atoms with E-state index in [0.717, 1.165) is 16.7 Å². The van der Waals surface area contributed by atoms with E-state index in [9.17, 15) is 0 Å². The molecule has 2 heteroatoms. The molecule has 0 aliphatic rings. The van der Waals surface area contributed by atoms with Gasteiger partial charge in [-0.3, -0.25) is 4.98 Å². The Morgan fingerprint density at radius 3 is 3.07 bits per heavy atom. The van der Waals surface area contributed by atoms with E-state index in [1.165, 1.54) is 5.56 Å². The van der Waals surface area contributed by atoms with Gasteiger partial charge in [0.15, 0.2) is 0 Å². The van der Waals surface area contributed by atoms with E-state index in [2.05, 4.69) is 23.5 Å². The molecule has 0 amide bonds. The number of nitrogens with zero attached hydrogens (tertiary/aromatic N) is 1. The summed E-state index contributed by atoms with van der Waals surface area (Å²) in [5, 5.41) is 0. The third-order valence-corrected chi connectivity index (χ3v) is 2.24. The van der Waals surface area contributed by atoms with Crippen molar-refractivity contribution in [1.29, 1.82) is 0 Å². The molecule has 0 saturated heterocycles. The van der Waals surface area contributed by atoms with Crippen LogP contribution in [-0.2, 0) is 0 Å². The summed E-state index contributed by atoms with van der Waals surface area (Å²) in [5.41, 5.74) is 4.39. The molecule has 2 aromatic heterocycles. The van der Waals surface area contributed by atoms with Crippen LogP contribution >= 0.6 is 0 Å². The molecule has 70 valence electrons. The van der Waals surface area contributed by atoms with Gasteiger partial charge in [-0.15, -0.1) is 0 Å². The van der Waals surface area contributed by atoms with Gasteiger partial charge in [0, 0.05) is 17.5 Å².